The lowest BCUT2D eigenvalue weighted by molar-refractivity contribution is 0.260. The van der Waals surface area contributed by atoms with Crippen LogP contribution in [0, 0.1) is 0 Å². The van der Waals surface area contributed by atoms with Crippen molar-refractivity contribution in [1.29, 1.82) is 0 Å². The lowest BCUT2D eigenvalue weighted by Gasteiger charge is -2.26. The van der Waals surface area contributed by atoms with Gasteiger partial charge in [-0.05, 0) is 20.3 Å². The lowest BCUT2D eigenvalue weighted by atomic mass is 10.0. The summed E-state index contributed by atoms with van der Waals surface area (Å²) in [7, 11) is 0. The van der Waals surface area contributed by atoms with E-state index >= 15 is 0 Å². The van der Waals surface area contributed by atoms with Gasteiger partial charge >= 0.3 is 0 Å². The molecule has 0 fully saturated rings. The maximum absolute atomic E-state index is 8.87. The van der Waals surface area contributed by atoms with Crippen molar-refractivity contribution in [2.75, 3.05) is 17.7 Å². The van der Waals surface area contributed by atoms with E-state index in [1.165, 1.54) is 6.33 Å². The first-order chi connectivity index (χ1) is 6.96. The molecule has 0 amide bonds. The molecule has 84 valence electrons. The Balaban J connectivity index is 2.85. The van der Waals surface area contributed by atoms with Gasteiger partial charge in [-0.2, -0.15) is 0 Å². The third-order valence-electron chi connectivity index (χ3n) is 2.01. The third-order valence-corrected chi connectivity index (χ3v) is 2.38. The van der Waals surface area contributed by atoms with Crippen molar-refractivity contribution in [2.24, 2.45) is 0 Å². The second-order valence-electron chi connectivity index (χ2n) is 3.90. The van der Waals surface area contributed by atoms with Gasteiger partial charge in [-0.15, -0.1) is 0 Å². The van der Waals surface area contributed by atoms with Crippen LogP contribution in [0.25, 0.3) is 0 Å². The molecule has 0 bridgehead atoms. The Morgan fingerprint density at radius 3 is 2.80 bits per heavy atom. The normalized spacial score (nSPS) is 11.5. The molecule has 0 unspecified atom stereocenters. The molecule has 0 radical (unpaired) electrons. The Morgan fingerprint density at radius 1 is 1.53 bits per heavy atom. The Labute approximate surface area is 93.7 Å². The zero-order valence-corrected chi connectivity index (χ0v) is 9.54. The Hall–Kier alpha value is -1.07. The smallest absolute Gasteiger partial charge is 0.150 e. The first-order valence-corrected chi connectivity index (χ1v) is 4.99. The van der Waals surface area contributed by atoms with Crippen molar-refractivity contribution in [3.8, 4) is 0 Å². The monoisotopic (exact) mass is 230 g/mol. The van der Waals surface area contributed by atoms with Gasteiger partial charge in [0.1, 0.15) is 17.2 Å². The van der Waals surface area contributed by atoms with Crippen LogP contribution in [-0.2, 0) is 0 Å². The SMILES string of the molecule is CC(C)(CCO)Nc1ncnc(N)c1Cl. The first-order valence-electron chi connectivity index (χ1n) is 4.61. The molecule has 0 aliphatic heterocycles. The molecular weight excluding hydrogens is 216 g/mol. The summed E-state index contributed by atoms with van der Waals surface area (Å²) in [4.78, 5) is 7.75. The Bertz CT molecular complexity index is 343. The van der Waals surface area contributed by atoms with Gasteiger partial charge < -0.3 is 16.2 Å². The molecule has 0 saturated carbocycles. The van der Waals surface area contributed by atoms with E-state index in [-0.39, 0.29) is 18.0 Å². The van der Waals surface area contributed by atoms with Crippen LogP contribution in [0.1, 0.15) is 20.3 Å². The second-order valence-corrected chi connectivity index (χ2v) is 4.28. The maximum atomic E-state index is 8.87. The average Bonchev–Trinajstić information content (AvgIpc) is 2.12. The van der Waals surface area contributed by atoms with Crippen LogP contribution in [0.2, 0.25) is 5.02 Å². The summed E-state index contributed by atoms with van der Waals surface area (Å²) in [6, 6.07) is 0. The highest BCUT2D eigenvalue weighted by Crippen LogP contribution is 2.26. The van der Waals surface area contributed by atoms with Crippen molar-refractivity contribution < 1.29 is 5.11 Å². The molecule has 1 rings (SSSR count). The molecule has 0 aliphatic rings. The molecule has 0 spiro atoms. The summed E-state index contributed by atoms with van der Waals surface area (Å²) >= 11 is 5.92. The van der Waals surface area contributed by atoms with Crippen molar-refractivity contribution in [1.82, 2.24) is 9.97 Å². The molecule has 6 heteroatoms. The summed E-state index contributed by atoms with van der Waals surface area (Å²) in [6.07, 6.45) is 1.94. The van der Waals surface area contributed by atoms with E-state index in [1.54, 1.807) is 0 Å². The van der Waals surface area contributed by atoms with Gasteiger partial charge in [-0.3, -0.25) is 0 Å². The van der Waals surface area contributed by atoms with Crippen LogP contribution >= 0.6 is 11.6 Å². The Morgan fingerprint density at radius 2 is 2.20 bits per heavy atom. The maximum Gasteiger partial charge on any atom is 0.150 e. The van der Waals surface area contributed by atoms with Gasteiger partial charge in [0.05, 0.1) is 0 Å². The number of anilines is 2. The third kappa shape index (κ3) is 3.21. The average molecular weight is 231 g/mol. The van der Waals surface area contributed by atoms with Crippen molar-refractivity contribution in [3.05, 3.63) is 11.3 Å². The molecule has 0 atom stereocenters. The van der Waals surface area contributed by atoms with Crippen molar-refractivity contribution >= 4 is 23.2 Å². The van der Waals surface area contributed by atoms with Crippen LogP contribution in [0.4, 0.5) is 11.6 Å². The van der Waals surface area contributed by atoms with Crippen LogP contribution < -0.4 is 11.1 Å². The van der Waals surface area contributed by atoms with Crippen LogP contribution in [0.15, 0.2) is 6.33 Å². The highest BCUT2D eigenvalue weighted by molar-refractivity contribution is 6.35. The van der Waals surface area contributed by atoms with Gasteiger partial charge in [-0.1, -0.05) is 11.6 Å². The second kappa shape index (κ2) is 4.63. The predicted molar refractivity (Wildman–Crippen MR) is 60.9 cm³/mol. The summed E-state index contributed by atoms with van der Waals surface area (Å²) in [5.41, 5.74) is 5.25. The van der Waals surface area contributed by atoms with Crippen molar-refractivity contribution in [2.45, 2.75) is 25.8 Å². The number of halogens is 1. The van der Waals surface area contributed by atoms with E-state index in [1.807, 2.05) is 13.8 Å². The highest BCUT2D eigenvalue weighted by atomic mass is 35.5. The molecular formula is C9H15ClN4O. The fraction of sp³-hybridized carbons (Fsp3) is 0.556. The lowest BCUT2D eigenvalue weighted by Crippen LogP contribution is -2.32. The number of aliphatic hydroxyl groups excluding tert-OH is 1. The zero-order chi connectivity index (χ0) is 11.5. The van der Waals surface area contributed by atoms with E-state index in [0.717, 1.165) is 0 Å². The standard InChI is InChI=1S/C9H15ClN4O/c1-9(2,3-4-15)14-8-6(10)7(11)12-5-13-8/h5,15H,3-4H2,1-2H3,(H3,11,12,13,14). The number of nitrogens with one attached hydrogen (secondary N) is 1. The number of nitrogens with zero attached hydrogens (tertiary/aromatic N) is 2. The first kappa shape index (κ1) is 12.0. The van der Waals surface area contributed by atoms with Crippen LogP contribution in [0.3, 0.4) is 0 Å². The Kier molecular flexibility index (Phi) is 3.71. The molecule has 0 aliphatic carbocycles. The highest BCUT2D eigenvalue weighted by Gasteiger charge is 2.19. The van der Waals surface area contributed by atoms with Crippen LogP contribution in [0.5, 0.6) is 0 Å². The summed E-state index contributed by atoms with van der Waals surface area (Å²) in [6.45, 7) is 3.98. The van der Waals surface area contributed by atoms with E-state index in [9.17, 15) is 0 Å². The van der Waals surface area contributed by atoms with Gasteiger partial charge in [-0.25, -0.2) is 9.97 Å². The summed E-state index contributed by atoms with van der Waals surface area (Å²) in [5, 5.41) is 12.3. The fourth-order valence-electron chi connectivity index (χ4n) is 1.13. The summed E-state index contributed by atoms with van der Waals surface area (Å²) < 4.78 is 0. The zero-order valence-electron chi connectivity index (χ0n) is 8.79. The largest absolute Gasteiger partial charge is 0.396 e. The number of nitrogens with two attached hydrogens (primary N) is 1. The molecule has 1 heterocycles. The number of aliphatic hydroxyl groups is 1. The number of hydrogen-bond acceptors (Lipinski definition) is 5. The molecule has 15 heavy (non-hydrogen) atoms. The molecule has 1 aromatic heterocycles. The van der Waals surface area contributed by atoms with E-state index in [4.69, 9.17) is 22.4 Å². The van der Waals surface area contributed by atoms with E-state index in [0.29, 0.717) is 17.3 Å². The van der Waals surface area contributed by atoms with Gasteiger partial charge in [0.2, 0.25) is 0 Å². The van der Waals surface area contributed by atoms with Crippen molar-refractivity contribution in [3.63, 3.8) is 0 Å². The minimum atomic E-state index is -0.292. The molecule has 0 aromatic carbocycles. The number of aromatic nitrogens is 2. The minimum absolute atomic E-state index is 0.0954. The molecule has 5 nitrogen and oxygen atoms in total. The predicted octanol–water partition coefficient (Wildman–Crippen LogP) is 1.29. The fourth-order valence-corrected chi connectivity index (χ4v) is 1.28. The van der Waals surface area contributed by atoms with E-state index in [2.05, 4.69) is 15.3 Å². The van der Waals surface area contributed by atoms with Gasteiger partial charge in [0, 0.05) is 12.1 Å². The van der Waals surface area contributed by atoms with Crippen LogP contribution in [-0.4, -0.2) is 27.2 Å². The number of rotatable bonds is 4. The topological polar surface area (TPSA) is 84.1 Å². The quantitative estimate of drug-likeness (QED) is 0.726. The summed E-state index contributed by atoms with van der Waals surface area (Å²) in [5.74, 6) is 0.733. The number of hydrogen-bond donors (Lipinski definition) is 3. The van der Waals surface area contributed by atoms with Gasteiger partial charge in [0.15, 0.2) is 5.82 Å². The minimum Gasteiger partial charge on any atom is -0.396 e. The number of nitrogen functional groups attached to an aromatic ring is 1. The van der Waals surface area contributed by atoms with Gasteiger partial charge in [0.25, 0.3) is 0 Å². The molecule has 0 saturated heterocycles. The molecule has 1 aromatic rings. The molecule has 4 N–H and O–H groups in total. The van der Waals surface area contributed by atoms with E-state index < -0.39 is 0 Å².